The number of hydrogen-bond donors (Lipinski definition) is 1. The molecule has 0 fully saturated rings. The van der Waals surface area contributed by atoms with E-state index in [1.165, 1.54) is 5.56 Å². The number of ketones is 1. The molecule has 0 aliphatic rings. The molecule has 1 N–H and O–H groups in total. The van der Waals surface area contributed by atoms with Gasteiger partial charge in [-0.25, -0.2) is 0 Å². The second-order valence-electron chi connectivity index (χ2n) is 4.68. The van der Waals surface area contributed by atoms with Crippen LogP contribution in [0.25, 0.3) is 0 Å². The van der Waals surface area contributed by atoms with Gasteiger partial charge in [0, 0.05) is 18.4 Å². The summed E-state index contributed by atoms with van der Waals surface area (Å²) in [4.78, 5) is 22.2. The van der Waals surface area contributed by atoms with Crippen molar-refractivity contribution in [3.05, 3.63) is 34.9 Å². The highest BCUT2D eigenvalue weighted by Crippen LogP contribution is 2.13. The number of aliphatic carboxylic acids is 1. The summed E-state index contributed by atoms with van der Waals surface area (Å²) in [6.45, 7) is 4.02. The topological polar surface area (TPSA) is 54.4 Å². The molecule has 0 heterocycles. The Labute approximate surface area is 108 Å². The van der Waals surface area contributed by atoms with Crippen molar-refractivity contribution in [1.29, 1.82) is 0 Å². The lowest BCUT2D eigenvalue weighted by atomic mass is 10.00. The Kier molecular flexibility index (Phi) is 5.56. The maximum absolute atomic E-state index is 11.9. The monoisotopic (exact) mass is 248 g/mol. The molecular weight excluding hydrogens is 228 g/mol. The highest BCUT2D eigenvalue weighted by molar-refractivity contribution is 5.96. The van der Waals surface area contributed by atoms with Gasteiger partial charge in [0.2, 0.25) is 0 Å². The number of aryl methyl sites for hydroxylation is 2. The van der Waals surface area contributed by atoms with Crippen molar-refractivity contribution in [3.63, 3.8) is 0 Å². The highest BCUT2D eigenvalue weighted by Gasteiger charge is 2.06. The molecule has 1 rings (SSSR count). The van der Waals surface area contributed by atoms with Gasteiger partial charge in [-0.1, -0.05) is 18.6 Å². The molecule has 1 aromatic rings. The lowest BCUT2D eigenvalue weighted by Crippen LogP contribution is -2.00. The summed E-state index contributed by atoms with van der Waals surface area (Å²) in [6, 6.07) is 5.75. The van der Waals surface area contributed by atoms with Crippen LogP contribution in [0, 0.1) is 13.8 Å². The first kappa shape index (κ1) is 14.4. The van der Waals surface area contributed by atoms with Crippen LogP contribution in [0.1, 0.15) is 53.6 Å². The predicted molar refractivity (Wildman–Crippen MR) is 71.0 cm³/mol. The fourth-order valence-electron chi connectivity index (χ4n) is 1.80. The molecule has 98 valence electrons. The Morgan fingerprint density at radius 1 is 1.00 bits per heavy atom. The molecule has 0 aromatic heterocycles. The molecule has 18 heavy (non-hydrogen) atoms. The van der Waals surface area contributed by atoms with Gasteiger partial charge < -0.3 is 5.11 Å². The van der Waals surface area contributed by atoms with Gasteiger partial charge in [-0.2, -0.15) is 0 Å². The van der Waals surface area contributed by atoms with Crippen LogP contribution in [-0.2, 0) is 4.79 Å². The van der Waals surface area contributed by atoms with E-state index in [2.05, 4.69) is 0 Å². The normalized spacial score (nSPS) is 10.3. The van der Waals surface area contributed by atoms with Crippen molar-refractivity contribution < 1.29 is 14.7 Å². The number of rotatable bonds is 7. The van der Waals surface area contributed by atoms with Crippen molar-refractivity contribution in [2.75, 3.05) is 0 Å². The number of unbranched alkanes of at least 4 members (excludes halogenated alkanes) is 2. The number of carbonyl (C=O) groups excluding carboxylic acids is 1. The Morgan fingerprint density at radius 3 is 2.28 bits per heavy atom. The van der Waals surface area contributed by atoms with E-state index in [4.69, 9.17) is 5.11 Å². The third-order valence-electron chi connectivity index (χ3n) is 3.12. The summed E-state index contributed by atoms with van der Waals surface area (Å²) in [5, 5.41) is 8.49. The van der Waals surface area contributed by atoms with Crippen molar-refractivity contribution in [2.24, 2.45) is 0 Å². The largest absolute Gasteiger partial charge is 0.481 e. The first-order chi connectivity index (χ1) is 8.50. The number of Topliss-reactive ketones (excluding diaryl/α,β-unsaturated/α-hetero) is 1. The molecule has 0 aliphatic heterocycles. The van der Waals surface area contributed by atoms with Crippen molar-refractivity contribution >= 4 is 11.8 Å². The minimum absolute atomic E-state index is 0.147. The number of carbonyl (C=O) groups is 2. The molecule has 0 saturated carbocycles. The maximum atomic E-state index is 11.9. The summed E-state index contributed by atoms with van der Waals surface area (Å²) in [5.41, 5.74) is 3.08. The summed E-state index contributed by atoms with van der Waals surface area (Å²) in [5.74, 6) is -0.621. The minimum atomic E-state index is -0.768. The van der Waals surface area contributed by atoms with E-state index in [-0.39, 0.29) is 12.2 Å². The predicted octanol–water partition coefficient (Wildman–Crippen LogP) is 3.52. The molecule has 1 aromatic carbocycles. The minimum Gasteiger partial charge on any atom is -0.481 e. The van der Waals surface area contributed by atoms with Crippen LogP contribution in [0.5, 0.6) is 0 Å². The Balaban J connectivity index is 2.36. The van der Waals surface area contributed by atoms with E-state index in [1.54, 1.807) is 0 Å². The van der Waals surface area contributed by atoms with Gasteiger partial charge >= 0.3 is 5.97 Å². The van der Waals surface area contributed by atoms with E-state index < -0.39 is 5.97 Å². The first-order valence-corrected chi connectivity index (χ1v) is 6.33. The Hall–Kier alpha value is -1.64. The van der Waals surface area contributed by atoms with Gasteiger partial charge in [0.15, 0.2) is 5.78 Å². The second kappa shape index (κ2) is 6.94. The molecule has 0 unspecified atom stereocenters. The van der Waals surface area contributed by atoms with Gasteiger partial charge in [0.25, 0.3) is 0 Å². The van der Waals surface area contributed by atoms with Crippen LogP contribution in [0.2, 0.25) is 0 Å². The Bertz CT molecular complexity index is 435. The zero-order chi connectivity index (χ0) is 13.5. The van der Waals surface area contributed by atoms with Crippen LogP contribution in [-0.4, -0.2) is 16.9 Å². The van der Waals surface area contributed by atoms with Crippen LogP contribution >= 0.6 is 0 Å². The number of benzene rings is 1. The molecule has 0 spiro atoms. The molecule has 0 saturated heterocycles. The molecule has 0 bridgehead atoms. The van der Waals surface area contributed by atoms with E-state index in [1.807, 2.05) is 32.0 Å². The van der Waals surface area contributed by atoms with E-state index in [0.717, 1.165) is 24.0 Å². The highest BCUT2D eigenvalue weighted by atomic mass is 16.4. The smallest absolute Gasteiger partial charge is 0.303 e. The van der Waals surface area contributed by atoms with Crippen molar-refractivity contribution in [2.45, 2.75) is 46.0 Å². The molecule has 0 radical (unpaired) electrons. The zero-order valence-electron chi connectivity index (χ0n) is 11.0. The molecular formula is C15H20O3. The number of carboxylic acids is 1. The van der Waals surface area contributed by atoms with E-state index in [0.29, 0.717) is 12.8 Å². The van der Waals surface area contributed by atoms with Crippen molar-refractivity contribution in [1.82, 2.24) is 0 Å². The Morgan fingerprint density at radius 2 is 1.67 bits per heavy atom. The fraction of sp³-hybridized carbons (Fsp3) is 0.467. The standard InChI is InChI=1S/C15H20O3/c1-11-8-9-13(10-12(11)2)14(16)6-4-3-5-7-15(17)18/h8-10H,3-7H2,1-2H3,(H,17,18). The van der Waals surface area contributed by atoms with Crippen LogP contribution < -0.4 is 0 Å². The molecule has 0 aliphatic carbocycles. The molecule has 3 heteroatoms. The summed E-state index contributed by atoms with van der Waals surface area (Å²) >= 11 is 0. The summed E-state index contributed by atoms with van der Waals surface area (Å²) in [7, 11) is 0. The van der Waals surface area contributed by atoms with Gasteiger partial charge in [-0.3, -0.25) is 9.59 Å². The van der Waals surface area contributed by atoms with Gasteiger partial charge in [0.1, 0.15) is 0 Å². The first-order valence-electron chi connectivity index (χ1n) is 6.33. The number of carboxylic acid groups (broad SMARTS) is 1. The lowest BCUT2D eigenvalue weighted by molar-refractivity contribution is -0.137. The third-order valence-corrected chi connectivity index (χ3v) is 3.12. The SMILES string of the molecule is Cc1ccc(C(=O)CCCCCC(=O)O)cc1C. The van der Waals surface area contributed by atoms with Crippen molar-refractivity contribution in [3.8, 4) is 0 Å². The van der Waals surface area contributed by atoms with Gasteiger partial charge in [-0.15, -0.1) is 0 Å². The fourth-order valence-corrected chi connectivity index (χ4v) is 1.80. The van der Waals surface area contributed by atoms with Crippen LogP contribution in [0.4, 0.5) is 0 Å². The maximum Gasteiger partial charge on any atom is 0.303 e. The average Bonchev–Trinajstić information content (AvgIpc) is 2.31. The average molecular weight is 248 g/mol. The van der Waals surface area contributed by atoms with Crippen LogP contribution in [0.15, 0.2) is 18.2 Å². The quantitative estimate of drug-likeness (QED) is 0.593. The summed E-state index contributed by atoms with van der Waals surface area (Å²) in [6.07, 6.45) is 2.90. The summed E-state index contributed by atoms with van der Waals surface area (Å²) < 4.78 is 0. The number of hydrogen-bond acceptors (Lipinski definition) is 2. The van der Waals surface area contributed by atoms with Gasteiger partial charge in [0.05, 0.1) is 0 Å². The van der Waals surface area contributed by atoms with Gasteiger partial charge in [-0.05, 0) is 43.9 Å². The third kappa shape index (κ3) is 4.70. The molecule has 0 amide bonds. The zero-order valence-corrected chi connectivity index (χ0v) is 11.0. The van der Waals surface area contributed by atoms with E-state index >= 15 is 0 Å². The molecule has 0 atom stereocenters. The second-order valence-corrected chi connectivity index (χ2v) is 4.68. The van der Waals surface area contributed by atoms with Crippen LogP contribution in [0.3, 0.4) is 0 Å². The lowest BCUT2D eigenvalue weighted by Gasteiger charge is -2.04. The van der Waals surface area contributed by atoms with E-state index in [9.17, 15) is 9.59 Å². The molecule has 3 nitrogen and oxygen atoms in total.